The van der Waals surface area contributed by atoms with E-state index < -0.39 is 0 Å². The molecule has 2 rings (SSSR count). The fourth-order valence-corrected chi connectivity index (χ4v) is 1.56. The summed E-state index contributed by atoms with van der Waals surface area (Å²) in [7, 11) is 3.91. The third-order valence-corrected chi connectivity index (χ3v) is 2.46. The molecule has 2 N–H and O–H groups in total. The van der Waals surface area contributed by atoms with E-state index in [0.717, 1.165) is 11.5 Å². The highest BCUT2D eigenvalue weighted by Crippen LogP contribution is 2.18. The molecular weight excluding hydrogens is 204 g/mol. The second-order valence-electron chi connectivity index (χ2n) is 4.58. The Morgan fingerprint density at radius 1 is 1.56 bits per heavy atom. The van der Waals surface area contributed by atoms with Gasteiger partial charge < -0.3 is 15.2 Å². The Morgan fingerprint density at radius 3 is 2.94 bits per heavy atom. The molecule has 0 bridgehead atoms. The van der Waals surface area contributed by atoms with Gasteiger partial charge in [-0.3, -0.25) is 4.79 Å². The molecule has 1 fully saturated rings. The Morgan fingerprint density at radius 2 is 2.31 bits per heavy atom. The van der Waals surface area contributed by atoms with Crippen molar-refractivity contribution >= 4 is 0 Å². The van der Waals surface area contributed by atoms with Crippen LogP contribution in [0.2, 0.25) is 0 Å². The van der Waals surface area contributed by atoms with E-state index in [1.165, 1.54) is 12.8 Å². The molecule has 1 aromatic rings. The Hall–Kier alpha value is -1.20. The van der Waals surface area contributed by atoms with Gasteiger partial charge >= 0.3 is 0 Å². The summed E-state index contributed by atoms with van der Waals surface area (Å²) in [6.07, 6.45) is 2.49. The average Bonchev–Trinajstić information content (AvgIpc) is 2.95. The predicted molar refractivity (Wildman–Crippen MR) is 62.1 cm³/mol. The van der Waals surface area contributed by atoms with Crippen molar-refractivity contribution in [3.05, 3.63) is 27.9 Å². The Kier molecular flexibility index (Phi) is 3.36. The fraction of sp³-hybridized carbons (Fsp3) is 0.636. The van der Waals surface area contributed by atoms with E-state index in [1.54, 1.807) is 6.07 Å². The van der Waals surface area contributed by atoms with Crippen molar-refractivity contribution in [3.63, 3.8) is 0 Å². The monoisotopic (exact) mass is 222 g/mol. The van der Waals surface area contributed by atoms with Gasteiger partial charge in [-0.05, 0) is 26.9 Å². The fourth-order valence-electron chi connectivity index (χ4n) is 1.56. The largest absolute Gasteiger partial charge is 0.309 e. The number of rotatable bonds is 5. The molecule has 1 aliphatic rings. The van der Waals surface area contributed by atoms with Crippen LogP contribution >= 0.6 is 0 Å². The summed E-state index contributed by atoms with van der Waals surface area (Å²) in [6.45, 7) is 1.35. The summed E-state index contributed by atoms with van der Waals surface area (Å²) in [5.74, 6) is 0.727. The lowest BCUT2D eigenvalue weighted by molar-refractivity contribution is 0.388. The molecule has 0 aromatic carbocycles. The molecule has 5 nitrogen and oxygen atoms in total. The summed E-state index contributed by atoms with van der Waals surface area (Å²) in [5, 5.41) is 3.35. The number of H-pyrrole nitrogens is 1. The standard InChI is InChI=1S/C11H18N4O/c1-15(2)7-10-13-9(5-11(16)14-10)6-12-8-3-4-8/h5,8,12H,3-4,6-7H2,1-2H3,(H,13,14,16). The van der Waals surface area contributed by atoms with Crippen LogP contribution in [0.3, 0.4) is 0 Å². The molecule has 0 unspecified atom stereocenters. The summed E-state index contributed by atoms with van der Waals surface area (Å²) in [5.41, 5.74) is 0.756. The summed E-state index contributed by atoms with van der Waals surface area (Å²) >= 11 is 0. The van der Waals surface area contributed by atoms with Crippen LogP contribution in [0, 0.1) is 0 Å². The molecule has 1 aromatic heterocycles. The van der Waals surface area contributed by atoms with Crippen molar-refractivity contribution < 1.29 is 0 Å². The Balaban J connectivity index is 2.04. The highest BCUT2D eigenvalue weighted by atomic mass is 16.1. The van der Waals surface area contributed by atoms with Gasteiger partial charge in [0.05, 0.1) is 12.2 Å². The molecule has 5 heteroatoms. The average molecular weight is 222 g/mol. The molecule has 0 spiro atoms. The van der Waals surface area contributed by atoms with E-state index in [2.05, 4.69) is 15.3 Å². The highest BCUT2D eigenvalue weighted by Gasteiger charge is 2.20. The third kappa shape index (κ3) is 3.43. The number of nitrogens with one attached hydrogen (secondary N) is 2. The van der Waals surface area contributed by atoms with E-state index in [0.29, 0.717) is 19.1 Å². The molecule has 1 saturated carbocycles. The van der Waals surface area contributed by atoms with Crippen LogP contribution in [0.1, 0.15) is 24.4 Å². The number of hydrogen-bond acceptors (Lipinski definition) is 4. The van der Waals surface area contributed by atoms with Crippen molar-refractivity contribution in [1.29, 1.82) is 0 Å². The van der Waals surface area contributed by atoms with Crippen molar-refractivity contribution in [1.82, 2.24) is 20.2 Å². The first kappa shape index (κ1) is 11.3. The topological polar surface area (TPSA) is 61.0 Å². The molecule has 88 valence electrons. The molecular formula is C11H18N4O. The van der Waals surface area contributed by atoms with Gasteiger partial charge in [-0.25, -0.2) is 4.98 Å². The van der Waals surface area contributed by atoms with Crippen LogP contribution < -0.4 is 10.9 Å². The molecule has 0 atom stereocenters. The van der Waals surface area contributed by atoms with Crippen LogP contribution in [0.4, 0.5) is 0 Å². The zero-order valence-corrected chi connectivity index (χ0v) is 9.79. The molecule has 0 aliphatic heterocycles. The maximum atomic E-state index is 11.4. The van der Waals surface area contributed by atoms with Crippen molar-refractivity contribution in [3.8, 4) is 0 Å². The van der Waals surface area contributed by atoms with Gasteiger partial charge in [0.1, 0.15) is 5.82 Å². The maximum Gasteiger partial charge on any atom is 0.251 e. The number of aromatic amines is 1. The van der Waals surface area contributed by atoms with Gasteiger partial charge in [-0.2, -0.15) is 0 Å². The summed E-state index contributed by atoms with van der Waals surface area (Å²) in [4.78, 5) is 20.6. The summed E-state index contributed by atoms with van der Waals surface area (Å²) < 4.78 is 0. The molecule has 1 heterocycles. The van der Waals surface area contributed by atoms with E-state index in [4.69, 9.17) is 0 Å². The maximum absolute atomic E-state index is 11.4. The lowest BCUT2D eigenvalue weighted by Gasteiger charge is -2.09. The number of hydrogen-bond donors (Lipinski definition) is 2. The van der Waals surface area contributed by atoms with Crippen LogP contribution in [0.5, 0.6) is 0 Å². The Labute approximate surface area is 94.9 Å². The smallest absolute Gasteiger partial charge is 0.251 e. The van der Waals surface area contributed by atoms with Crippen LogP contribution in [0.25, 0.3) is 0 Å². The quantitative estimate of drug-likeness (QED) is 0.741. The van der Waals surface area contributed by atoms with Gasteiger partial charge in [0.25, 0.3) is 5.56 Å². The first-order valence-corrected chi connectivity index (χ1v) is 5.61. The summed E-state index contributed by atoms with van der Waals surface area (Å²) in [6, 6.07) is 2.20. The van der Waals surface area contributed by atoms with Crippen LogP contribution in [-0.4, -0.2) is 35.0 Å². The van der Waals surface area contributed by atoms with Crippen molar-refractivity contribution in [2.24, 2.45) is 0 Å². The van der Waals surface area contributed by atoms with Crippen LogP contribution in [-0.2, 0) is 13.1 Å². The minimum atomic E-state index is -0.0700. The van der Waals surface area contributed by atoms with E-state index in [1.807, 2.05) is 19.0 Å². The van der Waals surface area contributed by atoms with Gasteiger partial charge in [-0.1, -0.05) is 0 Å². The third-order valence-electron chi connectivity index (χ3n) is 2.46. The Bertz CT molecular complexity index is 409. The second kappa shape index (κ2) is 4.76. The van der Waals surface area contributed by atoms with E-state index in [-0.39, 0.29) is 5.56 Å². The van der Waals surface area contributed by atoms with Gasteiger partial charge in [0, 0.05) is 18.7 Å². The molecule has 16 heavy (non-hydrogen) atoms. The molecule has 0 saturated heterocycles. The minimum absolute atomic E-state index is 0.0700. The lowest BCUT2D eigenvalue weighted by Crippen LogP contribution is -2.22. The first-order valence-electron chi connectivity index (χ1n) is 5.61. The van der Waals surface area contributed by atoms with Crippen molar-refractivity contribution in [2.45, 2.75) is 32.0 Å². The minimum Gasteiger partial charge on any atom is -0.309 e. The van der Waals surface area contributed by atoms with Crippen LogP contribution in [0.15, 0.2) is 10.9 Å². The highest BCUT2D eigenvalue weighted by molar-refractivity contribution is 5.03. The zero-order chi connectivity index (χ0) is 11.5. The molecule has 0 amide bonds. The van der Waals surface area contributed by atoms with Gasteiger partial charge in [0.2, 0.25) is 0 Å². The number of nitrogens with zero attached hydrogens (tertiary/aromatic N) is 2. The molecule has 1 aliphatic carbocycles. The number of aromatic nitrogens is 2. The first-order chi connectivity index (χ1) is 7.63. The van der Waals surface area contributed by atoms with E-state index in [9.17, 15) is 4.79 Å². The zero-order valence-electron chi connectivity index (χ0n) is 9.79. The van der Waals surface area contributed by atoms with E-state index >= 15 is 0 Å². The lowest BCUT2D eigenvalue weighted by atomic mass is 10.3. The normalized spacial score (nSPS) is 15.7. The SMILES string of the molecule is CN(C)Cc1nc(CNC2CC2)cc(=O)[nH]1. The second-order valence-corrected chi connectivity index (χ2v) is 4.58. The van der Waals surface area contributed by atoms with Gasteiger partial charge in [0.15, 0.2) is 0 Å². The van der Waals surface area contributed by atoms with Gasteiger partial charge in [-0.15, -0.1) is 0 Å². The van der Waals surface area contributed by atoms with Crippen molar-refractivity contribution in [2.75, 3.05) is 14.1 Å². The predicted octanol–water partition coefficient (Wildman–Crippen LogP) is 0.0835. The molecule has 0 radical (unpaired) electrons.